The largest absolute Gasteiger partial charge is 0.573 e. The van der Waals surface area contributed by atoms with Crippen molar-refractivity contribution in [1.29, 1.82) is 0 Å². The van der Waals surface area contributed by atoms with Crippen molar-refractivity contribution in [3.05, 3.63) is 95.0 Å². The van der Waals surface area contributed by atoms with Gasteiger partial charge < -0.3 is 9.47 Å². The van der Waals surface area contributed by atoms with E-state index in [1.807, 2.05) is 37.3 Å². The van der Waals surface area contributed by atoms with Crippen molar-refractivity contribution in [1.82, 2.24) is 5.01 Å². The third kappa shape index (κ3) is 6.05. The first-order chi connectivity index (χ1) is 18.0. The molecule has 1 atom stereocenters. The molecule has 0 spiro atoms. The van der Waals surface area contributed by atoms with Crippen LogP contribution in [0.1, 0.15) is 18.1 Å². The van der Waals surface area contributed by atoms with Crippen LogP contribution in [0.15, 0.2) is 84.0 Å². The molecule has 0 radical (unpaired) electrons. The lowest BCUT2D eigenvalue weighted by molar-refractivity contribution is -0.274. The molecule has 0 aromatic heterocycles. The maximum absolute atomic E-state index is 13.7. The lowest BCUT2D eigenvalue weighted by Crippen LogP contribution is -2.41. The van der Waals surface area contributed by atoms with Crippen LogP contribution in [-0.2, 0) is 10.2 Å². The first-order valence-corrected chi connectivity index (χ1v) is 12.3. The summed E-state index contributed by atoms with van der Waals surface area (Å²) < 4.78 is 47.4. The fourth-order valence-corrected chi connectivity index (χ4v) is 4.72. The zero-order chi connectivity index (χ0) is 27.5. The number of hydrogen-bond donors (Lipinski definition) is 0. The van der Waals surface area contributed by atoms with Crippen LogP contribution >= 0.6 is 23.5 Å². The fraction of sp³-hybridized carbons (Fsp3) is 0.192. The average molecular weight is 564 g/mol. The summed E-state index contributed by atoms with van der Waals surface area (Å²) in [5.41, 5.74) is 1.65. The van der Waals surface area contributed by atoms with Crippen LogP contribution in [-0.4, -0.2) is 42.1 Å². The molecule has 7 nitrogen and oxygen atoms in total. The molecule has 3 aromatic rings. The highest BCUT2D eigenvalue weighted by Crippen LogP contribution is 2.37. The quantitative estimate of drug-likeness (QED) is 0.247. The molecular weight excluding hydrogens is 543 g/mol. The molecule has 1 heterocycles. The van der Waals surface area contributed by atoms with Gasteiger partial charge >= 0.3 is 17.7 Å². The molecule has 1 unspecified atom stereocenters. The van der Waals surface area contributed by atoms with E-state index in [1.54, 1.807) is 24.3 Å². The van der Waals surface area contributed by atoms with Crippen molar-refractivity contribution in [3.8, 4) is 5.75 Å². The molecule has 198 valence electrons. The molecule has 38 heavy (non-hydrogen) atoms. The van der Waals surface area contributed by atoms with E-state index in [0.717, 1.165) is 34.7 Å². The topological polar surface area (TPSA) is 71.4 Å². The highest BCUT2D eigenvalue weighted by molar-refractivity contribution is 8.15. The standard InChI is InChI=1S/C26H21ClF3N3O4S/c1-25(18-6-4-3-5-7-18)16-32(31-22(25)17-8-10-19(27)11-9-17)23(34)33(38-24(35)36-2)20-12-14-21(15-13-20)37-26(28,29)30/h3-15H,16H2,1-2H3. The van der Waals surface area contributed by atoms with Crippen LogP contribution in [0.5, 0.6) is 5.75 Å². The van der Waals surface area contributed by atoms with E-state index >= 15 is 0 Å². The van der Waals surface area contributed by atoms with Crippen molar-refractivity contribution in [3.63, 3.8) is 0 Å². The number of carbonyl (C=O) groups excluding carboxylic acids is 2. The predicted octanol–water partition coefficient (Wildman–Crippen LogP) is 7.26. The molecule has 0 bridgehead atoms. The summed E-state index contributed by atoms with van der Waals surface area (Å²) in [6.45, 7) is 2.07. The number of alkyl halides is 3. The van der Waals surface area contributed by atoms with Crippen LogP contribution in [0, 0.1) is 0 Å². The molecule has 3 aromatic carbocycles. The maximum atomic E-state index is 13.7. The molecular formula is C26H21ClF3N3O4S. The number of urea groups is 1. The molecule has 4 rings (SSSR count). The Morgan fingerprint density at radius 2 is 1.66 bits per heavy atom. The summed E-state index contributed by atoms with van der Waals surface area (Å²) in [4.78, 5) is 25.9. The average Bonchev–Trinajstić information content (AvgIpc) is 3.26. The Morgan fingerprint density at radius 1 is 1.03 bits per heavy atom. The Bertz CT molecular complexity index is 1340. The SMILES string of the molecule is COC(=O)SN(C(=O)N1CC(C)(c2ccccc2)C(c2ccc(Cl)cc2)=N1)c1ccc(OC(F)(F)F)cc1. The van der Waals surface area contributed by atoms with Gasteiger partial charge in [0.25, 0.3) is 0 Å². The van der Waals surface area contributed by atoms with E-state index in [9.17, 15) is 22.8 Å². The van der Waals surface area contributed by atoms with Gasteiger partial charge in [-0.1, -0.05) is 54.1 Å². The molecule has 0 fully saturated rings. The number of nitrogens with zero attached hydrogens (tertiary/aromatic N) is 3. The molecule has 12 heteroatoms. The Labute approximate surface area is 225 Å². The van der Waals surface area contributed by atoms with Gasteiger partial charge in [-0.3, -0.25) is 0 Å². The number of rotatable bonds is 4. The Morgan fingerprint density at radius 3 is 2.24 bits per heavy atom. The number of amides is 2. The molecule has 1 aliphatic heterocycles. The van der Waals surface area contributed by atoms with Gasteiger partial charge in [-0.25, -0.2) is 18.9 Å². The first kappa shape index (κ1) is 27.3. The predicted molar refractivity (Wildman–Crippen MR) is 139 cm³/mol. The van der Waals surface area contributed by atoms with Crippen molar-refractivity contribution in [2.45, 2.75) is 18.7 Å². The Hall–Kier alpha value is -3.70. The van der Waals surface area contributed by atoms with Crippen molar-refractivity contribution < 1.29 is 32.2 Å². The summed E-state index contributed by atoms with van der Waals surface area (Å²) in [7, 11) is 1.15. The second-order valence-electron chi connectivity index (χ2n) is 8.38. The molecule has 0 N–H and O–H groups in total. The Kier molecular flexibility index (Phi) is 7.89. The van der Waals surface area contributed by atoms with Gasteiger partial charge in [0, 0.05) is 5.02 Å². The van der Waals surface area contributed by atoms with Gasteiger partial charge in [-0.2, -0.15) is 5.10 Å². The van der Waals surface area contributed by atoms with Crippen molar-refractivity contribution >= 4 is 46.3 Å². The summed E-state index contributed by atoms with van der Waals surface area (Å²) in [6, 6.07) is 20.4. The molecule has 2 amide bonds. The van der Waals surface area contributed by atoms with Gasteiger partial charge in [0.2, 0.25) is 0 Å². The summed E-state index contributed by atoms with van der Waals surface area (Å²) in [6.07, 6.45) is -4.87. The Balaban J connectivity index is 1.71. The zero-order valence-electron chi connectivity index (χ0n) is 20.1. The number of hydrogen-bond acceptors (Lipinski definition) is 6. The molecule has 0 saturated carbocycles. The number of methoxy groups -OCH3 is 1. The number of hydrazone groups is 1. The van der Waals surface area contributed by atoms with E-state index in [1.165, 1.54) is 17.1 Å². The van der Waals surface area contributed by atoms with Gasteiger partial charge in [0.15, 0.2) is 0 Å². The number of halogens is 4. The minimum atomic E-state index is -4.87. The number of carbonyl (C=O) groups is 2. The number of benzene rings is 3. The van der Waals surface area contributed by atoms with Gasteiger partial charge in [-0.15, -0.1) is 13.2 Å². The number of ether oxygens (including phenoxy) is 2. The third-order valence-corrected chi connectivity index (χ3v) is 6.89. The van der Waals surface area contributed by atoms with Gasteiger partial charge in [0.1, 0.15) is 5.75 Å². The summed E-state index contributed by atoms with van der Waals surface area (Å²) >= 11 is 6.51. The third-order valence-electron chi connectivity index (χ3n) is 5.77. The summed E-state index contributed by atoms with van der Waals surface area (Å²) in [5.74, 6) is -0.474. The van der Waals surface area contributed by atoms with Crippen LogP contribution in [0.3, 0.4) is 0 Å². The van der Waals surface area contributed by atoms with Crippen LogP contribution in [0.25, 0.3) is 0 Å². The molecule has 0 aliphatic carbocycles. The second kappa shape index (κ2) is 11.0. The van der Waals surface area contributed by atoms with Crippen molar-refractivity contribution in [2.24, 2.45) is 5.10 Å². The maximum Gasteiger partial charge on any atom is 0.573 e. The first-order valence-electron chi connectivity index (χ1n) is 11.1. The monoisotopic (exact) mass is 563 g/mol. The van der Waals surface area contributed by atoms with Crippen molar-refractivity contribution in [2.75, 3.05) is 18.0 Å². The normalized spacial score (nSPS) is 17.1. The zero-order valence-corrected chi connectivity index (χ0v) is 21.7. The molecule has 1 aliphatic rings. The smallest absolute Gasteiger partial charge is 0.460 e. The van der Waals surface area contributed by atoms with Crippen LogP contribution in [0.4, 0.5) is 28.4 Å². The van der Waals surface area contributed by atoms with Crippen LogP contribution in [0.2, 0.25) is 5.02 Å². The lowest BCUT2D eigenvalue weighted by atomic mass is 9.76. The van der Waals surface area contributed by atoms with E-state index in [2.05, 4.69) is 9.84 Å². The van der Waals surface area contributed by atoms with E-state index in [0.29, 0.717) is 22.7 Å². The van der Waals surface area contributed by atoms with E-state index in [-0.39, 0.29) is 12.2 Å². The minimum absolute atomic E-state index is 0.122. The number of anilines is 1. The minimum Gasteiger partial charge on any atom is -0.460 e. The summed E-state index contributed by atoms with van der Waals surface area (Å²) in [5, 5.41) is 5.59. The van der Waals surface area contributed by atoms with E-state index in [4.69, 9.17) is 16.3 Å². The highest BCUT2D eigenvalue weighted by atomic mass is 35.5. The second-order valence-corrected chi connectivity index (χ2v) is 9.69. The molecule has 0 saturated heterocycles. The van der Waals surface area contributed by atoms with Crippen LogP contribution < -0.4 is 9.04 Å². The fourth-order valence-electron chi connectivity index (χ4n) is 3.97. The van der Waals surface area contributed by atoms with Gasteiger partial charge in [0.05, 0.1) is 42.4 Å². The van der Waals surface area contributed by atoms with Gasteiger partial charge in [-0.05, 0) is 54.4 Å². The highest BCUT2D eigenvalue weighted by Gasteiger charge is 2.44. The van der Waals surface area contributed by atoms with E-state index < -0.39 is 28.9 Å². The lowest BCUT2D eigenvalue weighted by Gasteiger charge is -2.28.